The van der Waals surface area contributed by atoms with Gasteiger partial charge in [0.05, 0.1) is 0 Å². The molecule has 0 saturated carbocycles. The molecule has 3 N–H and O–H groups in total. The number of amides is 1. The third kappa shape index (κ3) is 6.20. The molecule has 3 aromatic rings. The molecule has 0 heterocycles. The van der Waals surface area contributed by atoms with E-state index in [0.717, 1.165) is 22.3 Å². The van der Waals surface area contributed by atoms with Crippen molar-refractivity contribution in [2.45, 2.75) is 50.9 Å². The summed E-state index contributed by atoms with van der Waals surface area (Å²) in [7, 11) is 0. The van der Waals surface area contributed by atoms with Crippen LogP contribution in [0.25, 0.3) is 11.1 Å². The minimum atomic E-state index is -1.46. The van der Waals surface area contributed by atoms with E-state index in [4.69, 9.17) is 9.47 Å². The van der Waals surface area contributed by atoms with Crippen LogP contribution in [0.15, 0.2) is 72.8 Å². The smallest absolute Gasteiger partial charge is 0.407 e. The van der Waals surface area contributed by atoms with E-state index < -0.39 is 35.8 Å². The van der Waals surface area contributed by atoms with Crippen molar-refractivity contribution in [1.82, 2.24) is 5.32 Å². The number of aliphatic hydroxyl groups is 1. The second-order valence-electron chi connectivity index (χ2n) is 10.2. The molecule has 0 fully saturated rings. The summed E-state index contributed by atoms with van der Waals surface area (Å²) in [6, 6.07) is 20.9. The number of benzene rings is 3. The number of nitrogens with one attached hydrogen (secondary N) is 1. The number of carbonyl (C=O) groups is 3. The van der Waals surface area contributed by atoms with Crippen LogP contribution in [0.4, 0.5) is 4.79 Å². The lowest BCUT2D eigenvalue weighted by Crippen LogP contribution is -2.42. The van der Waals surface area contributed by atoms with Crippen LogP contribution in [0, 0.1) is 0 Å². The Hall–Kier alpha value is -4.17. The fraction of sp³-hybridized carbons (Fsp3) is 0.300. The maximum atomic E-state index is 12.6. The first-order valence-electron chi connectivity index (χ1n) is 12.4. The minimum absolute atomic E-state index is 0.0116. The lowest BCUT2D eigenvalue weighted by Gasteiger charge is -2.22. The molecule has 1 unspecified atom stereocenters. The molecule has 1 aliphatic rings. The zero-order valence-corrected chi connectivity index (χ0v) is 21.5. The van der Waals surface area contributed by atoms with Crippen molar-refractivity contribution < 1.29 is 34.1 Å². The van der Waals surface area contributed by atoms with Crippen LogP contribution in [0.3, 0.4) is 0 Å². The number of ether oxygens (including phenoxy) is 2. The van der Waals surface area contributed by atoms with Crippen molar-refractivity contribution in [3.05, 3.63) is 95.1 Å². The Labute approximate surface area is 221 Å². The Balaban J connectivity index is 1.36. The van der Waals surface area contributed by atoms with E-state index in [9.17, 15) is 24.6 Å². The average Bonchev–Trinajstić information content (AvgIpc) is 3.19. The Kier molecular flexibility index (Phi) is 7.83. The lowest BCUT2D eigenvalue weighted by molar-refractivity contribution is -0.165. The van der Waals surface area contributed by atoms with E-state index in [0.29, 0.717) is 11.1 Å². The van der Waals surface area contributed by atoms with Gasteiger partial charge in [0, 0.05) is 12.3 Å². The van der Waals surface area contributed by atoms with Gasteiger partial charge in [-0.3, -0.25) is 0 Å². The number of aliphatic hydroxyl groups excluding tert-OH is 1. The van der Waals surface area contributed by atoms with Gasteiger partial charge in [-0.15, -0.1) is 0 Å². The molecular weight excluding hydrogens is 486 g/mol. The number of rotatable bonds is 8. The fourth-order valence-corrected chi connectivity index (χ4v) is 4.55. The summed E-state index contributed by atoms with van der Waals surface area (Å²) in [6.07, 6.45) is -2.30. The van der Waals surface area contributed by atoms with Crippen molar-refractivity contribution in [2.75, 3.05) is 6.61 Å². The number of carbonyl (C=O) groups excluding carboxylic acids is 2. The highest BCUT2D eigenvalue weighted by Gasteiger charge is 2.30. The molecule has 0 spiro atoms. The topological polar surface area (TPSA) is 122 Å². The van der Waals surface area contributed by atoms with Crippen LogP contribution >= 0.6 is 0 Å². The highest BCUT2D eigenvalue weighted by atomic mass is 16.6. The molecule has 198 valence electrons. The molecule has 0 aliphatic heterocycles. The van der Waals surface area contributed by atoms with Crippen LogP contribution in [0.2, 0.25) is 0 Å². The molecule has 8 heteroatoms. The average molecular weight is 518 g/mol. The van der Waals surface area contributed by atoms with Gasteiger partial charge >= 0.3 is 18.0 Å². The third-order valence-electron chi connectivity index (χ3n) is 6.30. The van der Waals surface area contributed by atoms with Crippen LogP contribution in [-0.4, -0.2) is 46.5 Å². The van der Waals surface area contributed by atoms with E-state index in [1.807, 2.05) is 48.5 Å². The van der Waals surface area contributed by atoms with E-state index in [-0.39, 0.29) is 18.9 Å². The summed E-state index contributed by atoms with van der Waals surface area (Å²) < 4.78 is 10.7. The molecule has 0 bridgehead atoms. The quantitative estimate of drug-likeness (QED) is 0.374. The monoisotopic (exact) mass is 517 g/mol. The van der Waals surface area contributed by atoms with Crippen LogP contribution < -0.4 is 5.32 Å². The summed E-state index contributed by atoms with van der Waals surface area (Å²) in [6.45, 7) is 5.19. The van der Waals surface area contributed by atoms with Crippen molar-refractivity contribution in [1.29, 1.82) is 0 Å². The first-order valence-corrected chi connectivity index (χ1v) is 12.4. The number of carboxylic acid groups (broad SMARTS) is 1. The van der Waals surface area contributed by atoms with Gasteiger partial charge in [0.2, 0.25) is 0 Å². The Bertz CT molecular complexity index is 1280. The molecular formula is C30H31NO7. The Morgan fingerprint density at radius 3 is 1.97 bits per heavy atom. The van der Waals surface area contributed by atoms with Gasteiger partial charge in [-0.05, 0) is 54.2 Å². The van der Waals surface area contributed by atoms with Gasteiger partial charge in [0.15, 0.2) is 6.10 Å². The van der Waals surface area contributed by atoms with Gasteiger partial charge in [-0.1, -0.05) is 72.8 Å². The minimum Gasteiger partial charge on any atom is -0.480 e. The molecule has 4 rings (SSSR count). The van der Waals surface area contributed by atoms with Gasteiger partial charge < -0.3 is 25.0 Å². The summed E-state index contributed by atoms with van der Waals surface area (Å²) in [5, 5.41) is 22.4. The molecule has 0 saturated heterocycles. The van der Waals surface area contributed by atoms with E-state index in [1.54, 1.807) is 32.9 Å². The molecule has 8 nitrogen and oxygen atoms in total. The summed E-state index contributed by atoms with van der Waals surface area (Å²) in [4.78, 5) is 36.5. The number of alkyl carbamates (subject to hydrolysis) is 1. The maximum Gasteiger partial charge on any atom is 0.407 e. The Morgan fingerprint density at radius 2 is 1.45 bits per heavy atom. The molecule has 1 aliphatic carbocycles. The lowest BCUT2D eigenvalue weighted by atomic mass is 9.98. The molecule has 2 atom stereocenters. The summed E-state index contributed by atoms with van der Waals surface area (Å²) in [5.41, 5.74) is 4.49. The standard InChI is InChI=1S/C30H31NO7/c1-30(2,3)38-28(35)26(32)19-14-12-18(13-15-19)16-25(27(33)34)31-29(36)37-17-24-22-10-6-4-8-20(22)21-9-5-7-11-23(21)24/h4-15,24-26,32H,16-17H2,1-3H3,(H,31,36)(H,33,34)/t25-,26?/m0/s1. The SMILES string of the molecule is CC(C)(C)OC(=O)C(O)c1ccc(C[C@H](NC(=O)OCC2c3ccccc3-c3ccccc32)C(=O)O)cc1. The van der Waals surface area contributed by atoms with Gasteiger partial charge in [-0.2, -0.15) is 0 Å². The van der Waals surface area contributed by atoms with E-state index in [2.05, 4.69) is 5.32 Å². The number of carboxylic acids is 1. The second kappa shape index (κ2) is 11.1. The van der Waals surface area contributed by atoms with E-state index >= 15 is 0 Å². The van der Waals surface area contributed by atoms with Gasteiger partial charge in [0.25, 0.3) is 0 Å². The first-order chi connectivity index (χ1) is 18.0. The first kappa shape index (κ1) is 26.9. The normalized spacial score (nSPS) is 14.1. The Morgan fingerprint density at radius 1 is 0.895 bits per heavy atom. The number of esters is 1. The molecule has 38 heavy (non-hydrogen) atoms. The van der Waals surface area contributed by atoms with Gasteiger partial charge in [-0.25, -0.2) is 14.4 Å². The number of fused-ring (bicyclic) bond motifs is 3. The molecule has 3 aromatic carbocycles. The number of hydrogen-bond acceptors (Lipinski definition) is 6. The summed E-state index contributed by atoms with van der Waals surface area (Å²) in [5.74, 6) is -2.12. The van der Waals surface area contributed by atoms with Crippen LogP contribution in [0.5, 0.6) is 0 Å². The largest absolute Gasteiger partial charge is 0.480 e. The highest BCUT2D eigenvalue weighted by Crippen LogP contribution is 2.44. The summed E-state index contributed by atoms with van der Waals surface area (Å²) >= 11 is 0. The molecule has 0 radical (unpaired) electrons. The predicted octanol–water partition coefficient (Wildman–Crippen LogP) is 4.60. The molecule has 1 amide bonds. The van der Waals surface area contributed by atoms with Crippen molar-refractivity contribution in [3.8, 4) is 11.1 Å². The maximum absolute atomic E-state index is 12.6. The van der Waals surface area contributed by atoms with Crippen molar-refractivity contribution in [3.63, 3.8) is 0 Å². The molecule has 0 aromatic heterocycles. The highest BCUT2D eigenvalue weighted by molar-refractivity contribution is 5.81. The zero-order chi connectivity index (χ0) is 27.4. The van der Waals surface area contributed by atoms with Crippen molar-refractivity contribution in [2.24, 2.45) is 0 Å². The zero-order valence-electron chi connectivity index (χ0n) is 21.5. The van der Waals surface area contributed by atoms with Crippen LogP contribution in [0.1, 0.15) is 55.0 Å². The van der Waals surface area contributed by atoms with E-state index in [1.165, 1.54) is 12.1 Å². The van der Waals surface area contributed by atoms with Crippen LogP contribution in [-0.2, 0) is 25.5 Å². The number of aliphatic carboxylic acids is 1. The second-order valence-corrected chi connectivity index (χ2v) is 10.2. The third-order valence-corrected chi connectivity index (χ3v) is 6.30. The number of hydrogen-bond donors (Lipinski definition) is 3. The fourth-order valence-electron chi connectivity index (χ4n) is 4.55. The predicted molar refractivity (Wildman–Crippen MR) is 141 cm³/mol. The van der Waals surface area contributed by atoms with Gasteiger partial charge in [0.1, 0.15) is 18.2 Å². The van der Waals surface area contributed by atoms with Crippen molar-refractivity contribution >= 4 is 18.0 Å².